The highest BCUT2D eigenvalue weighted by atomic mass is 32.2. The summed E-state index contributed by atoms with van der Waals surface area (Å²) in [6.07, 6.45) is 3.14. The first-order valence-corrected chi connectivity index (χ1v) is 8.02. The fourth-order valence-electron chi connectivity index (χ4n) is 1.71. The summed E-state index contributed by atoms with van der Waals surface area (Å²) in [6, 6.07) is 5.89. The SMILES string of the molecule is CCCNc1ccc(C(=O)NCC(C)SC)c(C)c1. The Morgan fingerprint density at radius 3 is 2.74 bits per heavy atom. The maximum absolute atomic E-state index is 12.1. The smallest absolute Gasteiger partial charge is 0.251 e. The van der Waals surface area contributed by atoms with E-state index in [-0.39, 0.29) is 5.91 Å². The molecule has 0 saturated heterocycles. The lowest BCUT2D eigenvalue weighted by Gasteiger charge is -2.12. The van der Waals surface area contributed by atoms with Crippen molar-refractivity contribution < 1.29 is 4.79 Å². The molecule has 0 aliphatic heterocycles. The average Bonchev–Trinajstić information content (AvgIpc) is 2.42. The fourth-order valence-corrected chi connectivity index (χ4v) is 1.96. The van der Waals surface area contributed by atoms with E-state index >= 15 is 0 Å². The second-order valence-corrected chi connectivity index (χ2v) is 5.99. The molecule has 3 nitrogen and oxygen atoms in total. The summed E-state index contributed by atoms with van der Waals surface area (Å²) in [5.74, 6) is 0.0143. The third-order valence-corrected chi connectivity index (χ3v) is 3.97. The molecular formula is C15H24N2OS. The number of hydrogen-bond acceptors (Lipinski definition) is 3. The van der Waals surface area contributed by atoms with Crippen LogP contribution in [0.1, 0.15) is 36.2 Å². The van der Waals surface area contributed by atoms with Crippen molar-refractivity contribution in [2.24, 2.45) is 0 Å². The number of thioether (sulfide) groups is 1. The first kappa shape index (κ1) is 15.9. The second kappa shape index (κ2) is 8.10. The molecule has 106 valence electrons. The molecular weight excluding hydrogens is 256 g/mol. The van der Waals surface area contributed by atoms with Crippen LogP contribution in [0.2, 0.25) is 0 Å². The summed E-state index contributed by atoms with van der Waals surface area (Å²) in [7, 11) is 0. The zero-order valence-corrected chi connectivity index (χ0v) is 13.1. The van der Waals surface area contributed by atoms with Gasteiger partial charge < -0.3 is 10.6 Å². The average molecular weight is 280 g/mol. The molecule has 1 amide bonds. The number of hydrogen-bond donors (Lipinski definition) is 2. The van der Waals surface area contributed by atoms with E-state index < -0.39 is 0 Å². The van der Waals surface area contributed by atoms with E-state index in [0.717, 1.165) is 29.8 Å². The number of carbonyl (C=O) groups is 1. The molecule has 1 atom stereocenters. The molecule has 1 aromatic carbocycles. The normalized spacial score (nSPS) is 12.0. The number of rotatable bonds is 7. The number of anilines is 1. The third kappa shape index (κ3) is 5.15. The highest BCUT2D eigenvalue weighted by molar-refractivity contribution is 7.99. The Balaban J connectivity index is 2.65. The van der Waals surface area contributed by atoms with Gasteiger partial charge in [0, 0.05) is 29.6 Å². The van der Waals surface area contributed by atoms with Crippen molar-refractivity contribution in [1.29, 1.82) is 0 Å². The largest absolute Gasteiger partial charge is 0.385 e. The number of nitrogens with one attached hydrogen (secondary N) is 2. The minimum absolute atomic E-state index is 0.0143. The van der Waals surface area contributed by atoms with E-state index in [9.17, 15) is 4.79 Å². The Kier molecular flexibility index (Phi) is 6.78. The van der Waals surface area contributed by atoms with E-state index in [1.54, 1.807) is 11.8 Å². The van der Waals surface area contributed by atoms with E-state index in [4.69, 9.17) is 0 Å². The molecule has 0 heterocycles. The van der Waals surface area contributed by atoms with Crippen molar-refractivity contribution in [3.63, 3.8) is 0 Å². The Bertz CT molecular complexity index is 421. The van der Waals surface area contributed by atoms with Gasteiger partial charge in [-0.3, -0.25) is 4.79 Å². The van der Waals surface area contributed by atoms with Gasteiger partial charge in [-0.05, 0) is 43.4 Å². The Morgan fingerprint density at radius 2 is 2.16 bits per heavy atom. The summed E-state index contributed by atoms with van der Waals surface area (Å²) in [5.41, 5.74) is 2.85. The van der Waals surface area contributed by atoms with Gasteiger partial charge in [0.1, 0.15) is 0 Å². The topological polar surface area (TPSA) is 41.1 Å². The minimum atomic E-state index is 0.0143. The molecule has 0 spiro atoms. The van der Waals surface area contributed by atoms with Gasteiger partial charge in [0.2, 0.25) is 0 Å². The van der Waals surface area contributed by atoms with Crippen LogP contribution in [-0.2, 0) is 0 Å². The lowest BCUT2D eigenvalue weighted by atomic mass is 10.1. The molecule has 19 heavy (non-hydrogen) atoms. The van der Waals surface area contributed by atoms with Gasteiger partial charge in [-0.25, -0.2) is 0 Å². The summed E-state index contributed by atoms with van der Waals surface area (Å²) < 4.78 is 0. The van der Waals surface area contributed by atoms with Gasteiger partial charge in [0.15, 0.2) is 0 Å². The highest BCUT2D eigenvalue weighted by Crippen LogP contribution is 2.15. The van der Waals surface area contributed by atoms with Crippen LogP contribution in [0, 0.1) is 6.92 Å². The monoisotopic (exact) mass is 280 g/mol. The molecule has 2 N–H and O–H groups in total. The lowest BCUT2D eigenvalue weighted by molar-refractivity contribution is 0.0953. The quantitative estimate of drug-likeness (QED) is 0.805. The van der Waals surface area contributed by atoms with Crippen LogP contribution in [0.25, 0.3) is 0 Å². The predicted octanol–water partition coefficient (Wildman–Crippen LogP) is 3.30. The molecule has 1 aromatic rings. The second-order valence-electron chi connectivity index (χ2n) is 4.71. The van der Waals surface area contributed by atoms with Crippen LogP contribution in [0.5, 0.6) is 0 Å². The molecule has 1 unspecified atom stereocenters. The Labute approximate surface area is 120 Å². The summed E-state index contributed by atoms with van der Waals surface area (Å²) in [5, 5.41) is 6.74. The molecule has 1 rings (SSSR count). The zero-order valence-electron chi connectivity index (χ0n) is 12.2. The summed E-state index contributed by atoms with van der Waals surface area (Å²) in [6.45, 7) is 7.87. The Hall–Kier alpha value is -1.16. The van der Waals surface area contributed by atoms with Gasteiger partial charge in [-0.2, -0.15) is 11.8 Å². The summed E-state index contributed by atoms with van der Waals surface area (Å²) in [4.78, 5) is 12.1. The first-order chi connectivity index (χ1) is 9.08. The van der Waals surface area contributed by atoms with Gasteiger partial charge >= 0.3 is 0 Å². The minimum Gasteiger partial charge on any atom is -0.385 e. The molecule has 0 aromatic heterocycles. The van der Waals surface area contributed by atoms with E-state index in [1.807, 2.05) is 25.1 Å². The van der Waals surface area contributed by atoms with Crippen LogP contribution in [0.15, 0.2) is 18.2 Å². The third-order valence-electron chi connectivity index (χ3n) is 3.00. The van der Waals surface area contributed by atoms with Crippen molar-refractivity contribution in [3.05, 3.63) is 29.3 Å². The molecule has 0 radical (unpaired) electrons. The standard InChI is InChI=1S/C15H24N2OS/c1-5-8-16-13-6-7-14(11(2)9-13)15(18)17-10-12(3)19-4/h6-7,9,12,16H,5,8,10H2,1-4H3,(H,17,18). The van der Waals surface area contributed by atoms with Gasteiger partial charge in [0.05, 0.1) is 0 Å². The van der Waals surface area contributed by atoms with Crippen LogP contribution < -0.4 is 10.6 Å². The maximum Gasteiger partial charge on any atom is 0.251 e. The van der Waals surface area contributed by atoms with Crippen molar-refractivity contribution in [2.75, 3.05) is 24.7 Å². The molecule has 4 heteroatoms. The van der Waals surface area contributed by atoms with Crippen LogP contribution in [-0.4, -0.2) is 30.5 Å². The van der Waals surface area contributed by atoms with Crippen LogP contribution in [0.3, 0.4) is 0 Å². The fraction of sp³-hybridized carbons (Fsp3) is 0.533. The number of aryl methyl sites for hydroxylation is 1. The van der Waals surface area contributed by atoms with Gasteiger partial charge in [-0.15, -0.1) is 0 Å². The Morgan fingerprint density at radius 1 is 1.42 bits per heavy atom. The molecule has 0 fully saturated rings. The first-order valence-electron chi connectivity index (χ1n) is 6.74. The number of benzene rings is 1. The summed E-state index contributed by atoms with van der Waals surface area (Å²) >= 11 is 1.75. The maximum atomic E-state index is 12.1. The van der Waals surface area contributed by atoms with Crippen molar-refractivity contribution in [2.45, 2.75) is 32.4 Å². The van der Waals surface area contributed by atoms with Crippen LogP contribution in [0.4, 0.5) is 5.69 Å². The van der Waals surface area contributed by atoms with Crippen molar-refractivity contribution in [3.8, 4) is 0 Å². The van der Waals surface area contributed by atoms with E-state index in [0.29, 0.717) is 11.8 Å². The van der Waals surface area contributed by atoms with E-state index in [2.05, 4.69) is 30.7 Å². The lowest BCUT2D eigenvalue weighted by Crippen LogP contribution is -2.29. The van der Waals surface area contributed by atoms with Gasteiger partial charge in [-0.1, -0.05) is 13.8 Å². The van der Waals surface area contributed by atoms with Gasteiger partial charge in [0.25, 0.3) is 5.91 Å². The van der Waals surface area contributed by atoms with E-state index in [1.165, 1.54) is 0 Å². The predicted molar refractivity (Wildman–Crippen MR) is 85.3 cm³/mol. The molecule has 0 bridgehead atoms. The molecule has 0 saturated carbocycles. The number of amides is 1. The molecule has 0 aliphatic carbocycles. The number of carbonyl (C=O) groups excluding carboxylic acids is 1. The van der Waals surface area contributed by atoms with Crippen molar-refractivity contribution >= 4 is 23.4 Å². The van der Waals surface area contributed by atoms with Crippen LogP contribution >= 0.6 is 11.8 Å². The zero-order chi connectivity index (χ0) is 14.3. The van der Waals surface area contributed by atoms with Crippen molar-refractivity contribution in [1.82, 2.24) is 5.32 Å². The highest BCUT2D eigenvalue weighted by Gasteiger charge is 2.10. The molecule has 0 aliphatic rings.